The van der Waals surface area contributed by atoms with Gasteiger partial charge in [0.2, 0.25) is 0 Å². The molecule has 0 spiro atoms. The average Bonchev–Trinajstić information content (AvgIpc) is 2.19. The van der Waals surface area contributed by atoms with Crippen molar-refractivity contribution >= 4 is 0 Å². The summed E-state index contributed by atoms with van der Waals surface area (Å²) < 4.78 is 0. The molecule has 1 aromatic carbocycles. The molecule has 0 unspecified atom stereocenters. The topological polar surface area (TPSA) is 25.8 Å². The molecule has 2 heteroatoms. The predicted molar refractivity (Wildman–Crippen MR) is 51.9 cm³/mol. The van der Waals surface area contributed by atoms with Crippen molar-refractivity contribution in [3.63, 3.8) is 0 Å². The minimum atomic E-state index is 0.730. The standard InChI is InChI=1S/C11H9N2/c1-9-7-8-12-11(13-9)10-5-3-2-4-6-10/h2-8H,1H2. The first kappa shape index (κ1) is 7.92. The van der Waals surface area contributed by atoms with Crippen molar-refractivity contribution < 1.29 is 0 Å². The zero-order valence-electron chi connectivity index (χ0n) is 7.14. The van der Waals surface area contributed by atoms with Crippen LogP contribution in [0.3, 0.4) is 0 Å². The van der Waals surface area contributed by atoms with Crippen LogP contribution in [0.15, 0.2) is 42.6 Å². The zero-order chi connectivity index (χ0) is 9.10. The van der Waals surface area contributed by atoms with E-state index in [1.54, 1.807) is 12.3 Å². The molecule has 1 radical (unpaired) electrons. The quantitative estimate of drug-likeness (QED) is 0.654. The Hall–Kier alpha value is -1.70. The molecule has 0 bridgehead atoms. The predicted octanol–water partition coefficient (Wildman–Crippen LogP) is 2.33. The molecular weight excluding hydrogens is 160 g/mol. The summed E-state index contributed by atoms with van der Waals surface area (Å²) in [6, 6.07) is 11.6. The Morgan fingerprint density at radius 3 is 2.46 bits per heavy atom. The molecule has 0 aliphatic carbocycles. The van der Waals surface area contributed by atoms with Crippen molar-refractivity contribution in [2.24, 2.45) is 0 Å². The van der Waals surface area contributed by atoms with Crippen LogP contribution in [0.4, 0.5) is 0 Å². The Balaban J connectivity index is 2.48. The summed E-state index contributed by atoms with van der Waals surface area (Å²) >= 11 is 0. The van der Waals surface area contributed by atoms with E-state index in [4.69, 9.17) is 0 Å². The summed E-state index contributed by atoms with van der Waals surface area (Å²) in [6.07, 6.45) is 1.72. The first-order valence-corrected chi connectivity index (χ1v) is 4.07. The van der Waals surface area contributed by atoms with E-state index in [1.165, 1.54) is 0 Å². The molecular formula is C11H9N2. The molecule has 0 amide bonds. The number of hydrogen-bond acceptors (Lipinski definition) is 2. The fourth-order valence-electron chi connectivity index (χ4n) is 1.12. The fraction of sp³-hybridized carbons (Fsp3) is 0. The molecule has 0 saturated heterocycles. The van der Waals surface area contributed by atoms with E-state index >= 15 is 0 Å². The second-order valence-corrected chi connectivity index (χ2v) is 2.74. The van der Waals surface area contributed by atoms with E-state index in [-0.39, 0.29) is 0 Å². The third kappa shape index (κ3) is 1.72. The largest absolute Gasteiger partial charge is 0.237 e. The second-order valence-electron chi connectivity index (χ2n) is 2.74. The highest BCUT2D eigenvalue weighted by atomic mass is 14.9. The molecule has 13 heavy (non-hydrogen) atoms. The Morgan fingerprint density at radius 2 is 1.77 bits per heavy atom. The lowest BCUT2D eigenvalue weighted by Gasteiger charge is -1.99. The van der Waals surface area contributed by atoms with E-state index in [1.807, 2.05) is 30.3 Å². The lowest BCUT2D eigenvalue weighted by molar-refractivity contribution is 1.15. The number of hydrogen-bond donors (Lipinski definition) is 0. The minimum absolute atomic E-state index is 0.730. The van der Waals surface area contributed by atoms with Gasteiger partial charge in [0.05, 0.1) is 0 Å². The molecule has 2 nitrogen and oxygen atoms in total. The molecule has 0 aliphatic rings. The molecule has 0 aliphatic heterocycles. The highest BCUT2D eigenvalue weighted by Crippen LogP contribution is 2.12. The van der Waals surface area contributed by atoms with Gasteiger partial charge in [-0.05, 0) is 13.0 Å². The summed E-state index contributed by atoms with van der Waals surface area (Å²) in [6.45, 7) is 3.76. The molecule has 1 heterocycles. The maximum Gasteiger partial charge on any atom is 0.159 e. The first-order chi connectivity index (χ1) is 6.36. The van der Waals surface area contributed by atoms with Gasteiger partial charge in [-0.25, -0.2) is 9.97 Å². The molecule has 2 aromatic rings. The summed E-state index contributed by atoms with van der Waals surface area (Å²) in [5, 5.41) is 0. The van der Waals surface area contributed by atoms with Crippen LogP contribution in [0.1, 0.15) is 5.69 Å². The van der Waals surface area contributed by atoms with E-state index in [0.29, 0.717) is 0 Å². The SMILES string of the molecule is [CH2]c1ccnc(-c2ccccc2)n1. The van der Waals surface area contributed by atoms with Gasteiger partial charge in [-0.1, -0.05) is 30.3 Å². The van der Waals surface area contributed by atoms with E-state index in [0.717, 1.165) is 17.1 Å². The molecule has 0 atom stereocenters. The van der Waals surface area contributed by atoms with E-state index < -0.39 is 0 Å². The maximum absolute atomic E-state index is 4.22. The Bertz CT molecular complexity index is 396. The van der Waals surface area contributed by atoms with Crippen molar-refractivity contribution in [2.45, 2.75) is 0 Å². The van der Waals surface area contributed by atoms with Gasteiger partial charge in [0.25, 0.3) is 0 Å². The Labute approximate surface area is 77.3 Å². The summed E-state index contributed by atoms with van der Waals surface area (Å²) in [7, 11) is 0. The Kier molecular flexibility index (Phi) is 2.04. The number of aromatic nitrogens is 2. The van der Waals surface area contributed by atoms with Crippen LogP contribution in [-0.2, 0) is 0 Å². The second kappa shape index (κ2) is 3.35. The molecule has 63 valence electrons. The van der Waals surface area contributed by atoms with Crippen molar-refractivity contribution in [2.75, 3.05) is 0 Å². The van der Waals surface area contributed by atoms with Gasteiger partial charge in [-0.3, -0.25) is 0 Å². The first-order valence-electron chi connectivity index (χ1n) is 4.07. The van der Waals surface area contributed by atoms with Crippen LogP contribution in [0, 0.1) is 6.92 Å². The Morgan fingerprint density at radius 1 is 1.00 bits per heavy atom. The smallest absolute Gasteiger partial charge is 0.159 e. The number of nitrogens with zero attached hydrogens (tertiary/aromatic N) is 2. The van der Waals surface area contributed by atoms with Gasteiger partial charge in [-0.2, -0.15) is 0 Å². The van der Waals surface area contributed by atoms with Crippen molar-refractivity contribution in [1.29, 1.82) is 0 Å². The molecule has 1 aromatic heterocycles. The fourth-order valence-corrected chi connectivity index (χ4v) is 1.12. The summed E-state index contributed by atoms with van der Waals surface area (Å²) in [4.78, 5) is 8.38. The summed E-state index contributed by atoms with van der Waals surface area (Å²) in [5.41, 5.74) is 1.77. The lowest BCUT2D eigenvalue weighted by atomic mass is 10.2. The van der Waals surface area contributed by atoms with Crippen molar-refractivity contribution in [1.82, 2.24) is 9.97 Å². The molecule has 0 N–H and O–H groups in total. The van der Waals surface area contributed by atoms with Gasteiger partial charge < -0.3 is 0 Å². The average molecular weight is 169 g/mol. The third-order valence-corrected chi connectivity index (χ3v) is 1.75. The highest BCUT2D eigenvalue weighted by Gasteiger charge is 1.98. The minimum Gasteiger partial charge on any atom is -0.237 e. The number of rotatable bonds is 1. The normalized spacial score (nSPS) is 9.92. The maximum atomic E-state index is 4.22. The van der Waals surface area contributed by atoms with E-state index in [2.05, 4.69) is 16.9 Å². The molecule has 0 saturated carbocycles. The van der Waals surface area contributed by atoms with Crippen LogP contribution in [-0.4, -0.2) is 9.97 Å². The van der Waals surface area contributed by atoms with Gasteiger partial charge in [-0.15, -0.1) is 0 Å². The van der Waals surface area contributed by atoms with Crippen LogP contribution in [0.5, 0.6) is 0 Å². The highest BCUT2D eigenvalue weighted by molar-refractivity contribution is 5.54. The monoisotopic (exact) mass is 169 g/mol. The van der Waals surface area contributed by atoms with Crippen LogP contribution in [0.2, 0.25) is 0 Å². The van der Waals surface area contributed by atoms with Crippen molar-refractivity contribution in [3.05, 3.63) is 55.2 Å². The van der Waals surface area contributed by atoms with Crippen molar-refractivity contribution in [3.8, 4) is 11.4 Å². The van der Waals surface area contributed by atoms with E-state index in [9.17, 15) is 0 Å². The van der Waals surface area contributed by atoms with Gasteiger partial charge in [0.1, 0.15) is 0 Å². The number of benzene rings is 1. The third-order valence-electron chi connectivity index (χ3n) is 1.75. The molecule has 0 fully saturated rings. The lowest BCUT2D eigenvalue weighted by Crippen LogP contribution is -1.89. The summed E-state index contributed by atoms with van der Waals surface area (Å²) in [5.74, 6) is 0.730. The zero-order valence-corrected chi connectivity index (χ0v) is 7.14. The van der Waals surface area contributed by atoms with Gasteiger partial charge in [0, 0.05) is 17.5 Å². The van der Waals surface area contributed by atoms with Crippen LogP contribution >= 0.6 is 0 Å². The molecule has 2 rings (SSSR count). The van der Waals surface area contributed by atoms with Gasteiger partial charge >= 0.3 is 0 Å². The van der Waals surface area contributed by atoms with Gasteiger partial charge in [0.15, 0.2) is 5.82 Å². The van der Waals surface area contributed by atoms with Crippen LogP contribution < -0.4 is 0 Å². The van der Waals surface area contributed by atoms with Crippen LogP contribution in [0.25, 0.3) is 11.4 Å².